The molecule has 0 fully saturated rings. The Bertz CT molecular complexity index is 304. The Labute approximate surface area is 82.7 Å². The topological polar surface area (TPSA) is 51.3 Å². The molecule has 1 unspecified atom stereocenters. The lowest BCUT2D eigenvalue weighted by Crippen LogP contribution is -2.11. The van der Waals surface area contributed by atoms with Gasteiger partial charge < -0.3 is 5.73 Å². The van der Waals surface area contributed by atoms with E-state index in [4.69, 9.17) is 5.73 Å². The van der Waals surface area contributed by atoms with Crippen LogP contribution in [0, 0.1) is 6.92 Å². The van der Waals surface area contributed by atoms with Crippen molar-refractivity contribution in [3.05, 3.63) is 16.1 Å². The molecule has 72 valence electrons. The predicted octanol–water partition coefficient (Wildman–Crippen LogP) is 2.28. The maximum Gasteiger partial charge on any atom is 0.117 e. The largest absolute Gasteiger partial charge is 0.387 e. The van der Waals surface area contributed by atoms with Crippen molar-refractivity contribution in [2.24, 2.45) is 10.7 Å². The second-order valence-corrected chi connectivity index (χ2v) is 4.23. The summed E-state index contributed by atoms with van der Waals surface area (Å²) in [6.45, 7) is 6.06. The fraction of sp³-hybridized carbons (Fsp3) is 0.556. The molecule has 0 amide bonds. The van der Waals surface area contributed by atoms with Crippen LogP contribution in [0.25, 0.3) is 0 Å². The highest BCUT2D eigenvalue weighted by atomic mass is 32.1. The van der Waals surface area contributed by atoms with Crippen LogP contribution in [-0.2, 0) is 0 Å². The number of aliphatic imine (C=N–C) groups is 1. The molecule has 0 radical (unpaired) electrons. The van der Waals surface area contributed by atoms with Gasteiger partial charge in [-0.15, -0.1) is 11.3 Å². The van der Waals surface area contributed by atoms with Crippen LogP contribution in [0.3, 0.4) is 0 Å². The minimum atomic E-state index is 0.0960. The number of aryl methyl sites for hydroxylation is 1. The standard InChI is InChI=1S/C9H15N3S/c1-4-8(10)12-7(3)9-11-5-6(2)13-9/h5,7H,4H2,1-3H3,(H2,10,12). The number of nitrogens with two attached hydrogens (primary N) is 1. The van der Waals surface area contributed by atoms with Gasteiger partial charge in [-0.25, -0.2) is 4.98 Å². The van der Waals surface area contributed by atoms with Crippen LogP contribution in [0.15, 0.2) is 11.2 Å². The third-order valence-electron chi connectivity index (χ3n) is 1.72. The van der Waals surface area contributed by atoms with E-state index in [-0.39, 0.29) is 6.04 Å². The zero-order valence-corrected chi connectivity index (χ0v) is 9.06. The van der Waals surface area contributed by atoms with Gasteiger partial charge in [-0.2, -0.15) is 0 Å². The first kappa shape index (κ1) is 10.2. The number of rotatable bonds is 3. The molecule has 1 aromatic heterocycles. The predicted molar refractivity (Wildman–Crippen MR) is 57.2 cm³/mol. The van der Waals surface area contributed by atoms with Gasteiger partial charge in [0.05, 0.1) is 5.84 Å². The average Bonchev–Trinajstić information content (AvgIpc) is 2.51. The molecular weight excluding hydrogens is 182 g/mol. The number of hydrogen-bond donors (Lipinski definition) is 1. The Morgan fingerprint density at radius 1 is 1.77 bits per heavy atom. The van der Waals surface area contributed by atoms with Gasteiger partial charge in [0.25, 0.3) is 0 Å². The lowest BCUT2D eigenvalue weighted by Gasteiger charge is -2.02. The highest BCUT2D eigenvalue weighted by Gasteiger charge is 2.07. The summed E-state index contributed by atoms with van der Waals surface area (Å²) in [5.41, 5.74) is 5.64. The maximum atomic E-state index is 5.64. The average molecular weight is 197 g/mol. The zero-order valence-electron chi connectivity index (χ0n) is 8.24. The summed E-state index contributed by atoms with van der Waals surface area (Å²) in [5.74, 6) is 0.695. The third-order valence-corrected chi connectivity index (χ3v) is 2.80. The van der Waals surface area contributed by atoms with E-state index in [2.05, 4.69) is 9.98 Å². The van der Waals surface area contributed by atoms with E-state index in [0.29, 0.717) is 5.84 Å². The smallest absolute Gasteiger partial charge is 0.117 e. The second-order valence-electron chi connectivity index (χ2n) is 2.96. The summed E-state index contributed by atoms with van der Waals surface area (Å²) < 4.78 is 0. The molecule has 0 saturated carbocycles. The molecule has 0 bridgehead atoms. The van der Waals surface area contributed by atoms with Crippen LogP contribution in [-0.4, -0.2) is 10.8 Å². The Hall–Kier alpha value is -0.900. The van der Waals surface area contributed by atoms with Gasteiger partial charge >= 0.3 is 0 Å². The van der Waals surface area contributed by atoms with Crippen LogP contribution in [0.1, 0.15) is 36.2 Å². The van der Waals surface area contributed by atoms with E-state index in [1.165, 1.54) is 4.88 Å². The van der Waals surface area contributed by atoms with Gasteiger partial charge in [-0.1, -0.05) is 6.92 Å². The van der Waals surface area contributed by atoms with Crippen molar-refractivity contribution in [3.8, 4) is 0 Å². The fourth-order valence-corrected chi connectivity index (χ4v) is 1.72. The van der Waals surface area contributed by atoms with Gasteiger partial charge in [0, 0.05) is 17.5 Å². The molecule has 0 aliphatic rings. The van der Waals surface area contributed by atoms with E-state index in [0.717, 1.165) is 11.4 Å². The van der Waals surface area contributed by atoms with Gasteiger partial charge in [-0.3, -0.25) is 4.99 Å². The molecule has 0 aliphatic heterocycles. The minimum Gasteiger partial charge on any atom is -0.387 e. The number of thiazole rings is 1. The molecule has 0 aromatic carbocycles. The molecule has 4 heteroatoms. The van der Waals surface area contributed by atoms with Crippen LogP contribution < -0.4 is 5.73 Å². The first-order chi connectivity index (χ1) is 6.13. The second kappa shape index (κ2) is 4.37. The molecule has 2 N–H and O–H groups in total. The summed E-state index contributed by atoms with van der Waals surface area (Å²) in [4.78, 5) is 9.80. The van der Waals surface area contributed by atoms with Gasteiger partial charge in [0.2, 0.25) is 0 Å². The van der Waals surface area contributed by atoms with E-state index in [1.807, 2.05) is 27.0 Å². The van der Waals surface area contributed by atoms with Crippen LogP contribution >= 0.6 is 11.3 Å². The third kappa shape index (κ3) is 2.81. The van der Waals surface area contributed by atoms with Crippen LogP contribution in [0.2, 0.25) is 0 Å². The van der Waals surface area contributed by atoms with Crippen LogP contribution in [0.4, 0.5) is 0 Å². The molecule has 0 saturated heterocycles. The van der Waals surface area contributed by atoms with Crippen molar-refractivity contribution >= 4 is 17.2 Å². The molecular formula is C9H15N3S. The summed E-state index contributed by atoms with van der Waals surface area (Å²) in [7, 11) is 0. The molecule has 13 heavy (non-hydrogen) atoms. The van der Waals surface area contributed by atoms with Crippen molar-refractivity contribution < 1.29 is 0 Å². The van der Waals surface area contributed by atoms with E-state index in [1.54, 1.807) is 11.3 Å². The lowest BCUT2D eigenvalue weighted by atomic mass is 10.3. The molecule has 1 atom stereocenters. The quantitative estimate of drug-likeness (QED) is 0.597. The summed E-state index contributed by atoms with van der Waals surface area (Å²) in [6.07, 6.45) is 2.67. The SMILES string of the molecule is CCC(N)=NC(C)c1ncc(C)s1. The molecule has 1 aromatic rings. The van der Waals surface area contributed by atoms with Crippen molar-refractivity contribution in [1.82, 2.24) is 4.98 Å². The molecule has 1 rings (SSSR count). The highest BCUT2D eigenvalue weighted by molar-refractivity contribution is 7.11. The molecule has 0 spiro atoms. The number of amidine groups is 1. The molecule has 3 nitrogen and oxygen atoms in total. The van der Waals surface area contributed by atoms with Crippen molar-refractivity contribution in [3.63, 3.8) is 0 Å². The van der Waals surface area contributed by atoms with E-state index < -0.39 is 0 Å². The monoisotopic (exact) mass is 197 g/mol. The summed E-state index contributed by atoms with van der Waals surface area (Å²) in [5, 5.41) is 1.04. The van der Waals surface area contributed by atoms with Crippen LogP contribution in [0.5, 0.6) is 0 Å². The summed E-state index contributed by atoms with van der Waals surface area (Å²) >= 11 is 1.67. The fourth-order valence-electron chi connectivity index (χ4n) is 0.961. The Morgan fingerprint density at radius 2 is 2.46 bits per heavy atom. The lowest BCUT2D eigenvalue weighted by molar-refractivity contribution is 0.802. The van der Waals surface area contributed by atoms with E-state index in [9.17, 15) is 0 Å². The van der Waals surface area contributed by atoms with Gasteiger partial charge in [0.15, 0.2) is 0 Å². The first-order valence-electron chi connectivity index (χ1n) is 4.38. The normalized spacial score (nSPS) is 14.5. The van der Waals surface area contributed by atoms with E-state index >= 15 is 0 Å². The number of hydrogen-bond acceptors (Lipinski definition) is 3. The van der Waals surface area contributed by atoms with Gasteiger partial charge in [0.1, 0.15) is 11.0 Å². The van der Waals surface area contributed by atoms with Crippen molar-refractivity contribution in [2.75, 3.05) is 0 Å². The number of aromatic nitrogens is 1. The zero-order chi connectivity index (χ0) is 9.84. The van der Waals surface area contributed by atoms with Gasteiger partial charge in [-0.05, 0) is 13.8 Å². The Balaban J connectivity index is 2.74. The maximum absolute atomic E-state index is 5.64. The molecule has 0 aliphatic carbocycles. The first-order valence-corrected chi connectivity index (χ1v) is 5.19. The Kier molecular flexibility index (Phi) is 3.42. The molecule has 1 heterocycles. The number of nitrogens with zero attached hydrogens (tertiary/aromatic N) is 2. The Morgan fingerprint density at radius 3 is 2.92 bits per heavy atom. The summed E-state index contributed by atoms with van der Waals surface area (Å²) in [6, 6.07) is 0.0960. The highest BCUT2D eigenvalue weighted by Crippen LogP contribution is 2.21. The van der Waals surface area contributed by atoms with Crippen molar-refractivity contribution in [2.45, 2.75) is 33.2 Å². The van der Waals surface area contributed by atoms with Crippen molar-refractivity contribution in [1.29, 1.82) is 0 Å². The minimum absolute atomic E-state index is 0.0960.